The highest BCUT2D eigenvalue weighted by atomic mass is 32.2. The summed E-state index contributed by atoms with van der Waals surface area (Å²) in [6, 6.07) is 12.1. The van der Waals surface area contributed by atoms with Gasteiger partial charge in [0.1, 0.15) is 19.0 Å². The van der Waals surface area contributed by atoms with Gasteiger partial charge in [0.25, 0.3) is 0 Å². The minimum atomic E-state index is -0.423. The van der Waals surface area contributed by atoms with Crippen LogP contribution in [0.15, 0.2) is 52.7 Å². The second kappa shape index (κ2) is 11.0. The lowest BCUT2D eigenvalue weighted by Gasteiger charge is -2.12. The molecule has 0 aliphatic carbocycles. The minimum absolute atomic E-state index is 0.0812. The predicted octanol–water partition coefficient (Wildman–Crippen LogP) is 2.49. The van der Waals surface area contributed by atoms with Gasteiger partial charge >= 0.3 is 5.97 Å². The summed E-state index contributed by atoms with van der Waals surface area (Å²) >= 11 is 1.30. The van der Waals surface area contributed by atoms with E-state index in [-0.39, 0.29) is 19.1 Å². The van der Waals surface area contributed by atoms with E-state index in [1.807, 2.05) is 6.07 Å². The van der Waals surface area contributed by atoms with E-state index in [4.69, 9.17) is 18.9 Å². The van der Waals surface area contributed by atoms with E-state index < -0.39 is 5.97 Å². The molecule has 1 aliphatic rings. The lowest BCUT2D eigenvalue weighted by atomic mass is 10.2. The fraction of sp³-hybridized carbons (Fsp3) is 0.238. The lowest BCUT2D eigenvalue weighted by Crippen LogP contribution is -2.19. The van der Waals surface area contributed by atoms with Gasteiger partial charge in [0.15, 0.2) is 16.7 Å². The van der Waals surface area contributed by atoms with E-state index in [1.54, 1.807) is 49.7 Å². The van der Waals surface area contributed by atoms with Gasteiger partial charge in [-0.05, 0) is 42.0 Å². The Kier molecular flexibility index (Phi) is 7.88. The van der Waals surface area contributed by atoms with Crippen LogP contribution in [-0.2, 0) is 9.53 Å². The molecule has 3 rings (SSSR count). The molecule has 1 heterocycles. The number of amidine groups is 1. The van der Waals surface area contributed by atoms with Gasteiger partial charge in [0.05, 0.1) is 31.8 Å². The first-order valence-electron chi connectivity index (χ1n) is 9.24. The molecule has 0 aromatic heterocycles. The summed E-state index contributed by atoms with van der Waals surface area (Å²) in [7, 11) is 2.87. The molecule has 1 fully saturated rings. The highest BCUT2D eigenvalue weighted by molar-refractivity contribution is 8.15. The summed E-state index contributed by atoms with van der Waals surface area (Å²) in [4.78, 5) is 22.7. The van der Waals surface area contributed by atoms with Crippen molar-refractivity contribution in [3.05, 3.63) is 53.6 Å². The zero-order chi connectivity index (χ0) is 22.1. The smallest absolute Gasteiger partial charge is 0.337 e. The van der Waals surface area contributed by atoms with Gasteiger partial charge in [-0.15, -0.1) is 5.10 Å². The fourth-order valence-corrected chi connectivity index (χ4v) is 3.18. The van der Waals surface area contributed by atoms with Gasteiger partial charge < -0.3 is 24.3 Å². The van der Waals surface area contributed by atoms with Gasteiger partial charge in [-0.3, -0.25) is 4.79 Å². The molecule has 0 spiro atoms. The van der Waals surface area contributed by atoms with Crippen LogP contribution in [0, 0.1) is 0 Å². The molecule has 31 heavy (non-hydrogen) atoms. The van der Waals surface area contributed by atoms with Crippen LogP contribution >= 0.6 is 11.8 Å². The highest BCUT2D eigenvalue weighted by Gasteiger charge is 2.16. The van der Waals surface area contributed by atoms with Crippen molar-refractivity contribution in [1.29, 1.82) is 0 Å². The second-order valence-electron chi connectivity index (χ2n) is 6.11. The van der Waals surface area contributed by atoms with Gasteiger partial charge in [0, 0.05) is 0 Å². The first kappa shape index (κ1) is 22.2. The Labute approximate surface area is 183 Å². The average molecular weight is 443 g/mol. The number of benzene rings is 2. The number of esters is 1. The first-order valence-corrected chi connectivity index (χ1v) is 10.2. The molecule has 0 saturated carbocycles. The number of rotatable bonds is 9. The SMILES string of the molecule is COC(=O)c1cccc(OCCOc2ccc(C=NN=C3NC(=O)CS3)cc2OC)c1. The molecule has 1 N–H and O–H groups in total. The molecule has 1 amide bonds. The number of ether oxygens (including phenoxy) is 4. The van der Waals surface area contributed by atoms with Crippen LogP contribution in [0.2, 0.25) is 0 Å². The zero-order valence-electron chi connectivity index (χ0n) is 17.0. The van der Waals surface area contributed by atoms with Crippen LogP contribution in [-0.4, -0.2) is 56.4 Å². The predicted molar refractivity (Wildman–Crippen MR) is 117 cm³/mol. The van der Waals surface area contributed by atoms with Crippen LogP contribution in [0.5, 0.6) is 17.2 Å². The molecule has 162 valence electrons. The van der Waals surface area contributed by atoms with Gasteiger partial charge in [-0.2, -0.15) is 5.10 Å². The third-order valence-corrected chi connectivity index (χ3v) is 4.86. The third kappa shape index (κ3) is 6.48. The summed E-state index contributed by atoms with van der Waals surface area (Å²) in [6.07, 6.45) is 1.56. The number of nitrogens with zero attached hydrogens (tertiary/aromatic N) is 2. The van der Waals surface area contributed by atoms with Gasteiger partial charge in [0.2, 0.25) is 5.91 Å². The van der Waals surface area contributed by atoms with E-state index in [9.17, 15) is 9.59 Å². The Hall–Kier alpha value is -3.53. The molecular formula is C21H21N3O6S. The molecule has 9 nitrogen and oxygen atoms in total. The van der Waals surface area contributed by atoms with Crippen molar-refractivity contribution >= 4 is 35.0 Å². The van der Waals surface area contributed by atoms with Crippen LogP contribution < -0.4 is 19.5 Å². The van der Waals surface area contributed by atoms with Crippen LogP contribution in [0.1, 0.15) is 15.9 Å². The largest absolute Gasteiger partial charge is 0.493 e. The van der Waals surface area contributed by atoms with Crippen molar-refractivity contribution in [2.24, 2.45) is 10.2 Å². The van der Waals surface area contributed by atoms with Crippen molar-refractivity contribution in [1.82, 2.24) is 5.32 Å². The number of amides is 1. The minimum Gasteiger partial charge on any atom is -0.493 e. The molecule has 10 heteroatoms. The van der Waals surface area contributed by atoms with E-state index in [2.05, 4.69) is 15.5 Å². The summed E-state index contributed by atoms with van der Waals surface area (Å²) in [5.41, 5.74) is 1.18. The van der Waals surface area contributed by atoms with Crippen molar-refractivity contribution in [3.8, 4) is 17.2 Å². The van der Waals surface area contributed by atoms with Crippen molar-refractivity contribution in [3.63, 3.8) is 0 Å². The normalized spacial score (nSPS) is 14.5. The van der Waals surface area contributed by atoms with Crippen molar-refractivity contribution < 1.29 is 28.5 Å². The molecule has 0 atom stereocenters. The number of methoxy groups -OCH3 is 2. The maximum Gasteiger partial charge on any atom is 0.337 e. The lowest BCUT2D eigenvalue weighted by molar-refractivity contribution is -0.116. The fourth-order valence-electron chi connectivity index (χ4n) is 2.55. The molecule has 1 aliphatic heterocycles. The average Bonchev–Trinajstić information content (AvgIpc) is 3.21. The summed E-state index contributed by atoms with van der Waals surface area (Å²) < 4.78 is 21.4. The summed E-state index contributed by atoms with van der Waals surface area (Å²) in [6.45, 7) is 0.550. The molecule has 0 radical (unpaired) electrons. The summed E-state index contributed by atoms with van der Waals surface area (Å²) in [5, 5.41) is 11.0. The second-order valence-corrected chi connectivity index (χ2v) is 7.08. The molecule has 0 bridgehead atoms. The van der Waals surface area contributed by atoms with E-state index in [1.165, 1.54) is 18.9 Å². The Morgan fingerprint density at radius 2 is 1.97 bits per heavy atom. The van der Waals surface area contributed by atoms with E-state index >= 15 is 0 Å². The molecule has 1 saturated heterocycles. The Balaban J connectivity index is 1.52. The van der Waals surface area contributed by atoms with E-state index in [0.717, 1.165) is 5.56 Å². The topological polar surface area (TPSA) is 108 Å². The molecule has 2 aromatic carbocycles. The van der Waals surface area contributed by atoms with Crippen LogP contribution in [0.4, 0.5) is 0 Å². The zero-order valence-corrected chi connectivity index (χ0v) is 17.8. The Bertz CT molecular complexity index is 1010. The van der Waals surface area contributed by atoms with Crippen molar-refractivity contribution in [2.75, 3.05) is 33.2 Å². The van der Waals surface area contributed by atoms with Gasteiger partial charge in [-0.25, -0.2) is 4.79 Å². The number of carbonyl (C=O) groups excluding carboxylic acids is 2. The number of hydrogen-bond donors (Lipinski definition) is 1. The highest BCUT2D eigenvalue weighted by Crippen LogP contribution is 2.27. The van der Waals surface area contributed by atoms with E-state index in [0.29, 0.717) is 33.7 Å². The molecule has 2 aromatic rings. The standard InChI is InChI=1S/C21H21N3O6S/c1-27-18-10-14(12-22-24-21-23-19(25)13-31-21)6-7-17(18)30-9-8-29-16-5-3-4-15(11-16)20(26)28-2/h3-7,10-12H,8-9,13H2,1-2H3,(H,23,24,25). The maximum absolute atomic E-state index is 11.6. The Morgan fingerprint density at radius 1 is 1.13 bits per heavy atom. The number of thioether (sulfide) groups is 1. The monoisotopic (exact) mass is 443 g/mol. The summed E-state index contributed by atoms with van der Waals surface area (Å²) in [5.74, 6) is 1.48. The van der Waals surface area contributed by atoms with Crippen LogP contribution in [0.25, 0.3) is 0 Å². The Morgan fingerprint density at radius 3 is 2.71 bits per heavy atom. The first-order chi connectivity index (χ1) is 15.1. The number of nitrogens with one attached hydrogen (secondary N) is 1. The van der Waals surface area contributed by atoms with Crippen LogP contribution in [0.3, 0.4) is 0 Å². The number of carbonyl (C=O) groups is 2. The van der Waals surface area contributed by atoms with Gasteiger partial charge in [-0.1, -0.05) is 17.8 Å². The molecular weight excluding hydrogens is 422 g/mol. The number of hydrogen-bond acceptors (Lipinski definition) is 9. The third-order valence-electron chi connectivity index (χ3n) is 3.99. The maximum atomic E-state index is 11.6. The van der Waals surface area contributed by atoms with Crippen molar-refractivity contribution in [2.45, 2.75) is 0 Å². The quantitative estimate of drug-likeness (QED) is 0.275. The molecule has 0 unspecified atom stereocenters.